The number of carbonyl (C=O) groups is 2. The Hall–Kier alpha value is -2.38. The first-order chi connectivity index (χ1) is 9.21. The van der Waals surface area contributed by atoms with E-state index in [0.717, 1.165) is 0 Å². The van der Waals surface area contributed by atoms with Crippen molar-refractivity contribution in [3.8, 4) is 5.75 Å². The van der Waals surface area contributed by atoms with Crippen molar-refractivity contribution < 1.29 is 27.9 Å². The molecule has 0 spiro atoms. The van der Waals surface area contributed by atoms with Crippen molar-refractivity contribution in [2.24, 2.45) is 5.10 Å². The van der Waals surface area contributed by atoms with Crippen LogP contribution < -0.4 is 5.43 Å². The van der Waals surface area contributed by atoms with E-state index in [1.54, 1.807) is 0 Å². The Morgan fingerprint density at radius 2 is 1.90 bits per heavy atom. The molecule has 0 heterocycles. The Bertz CT molecular complexity index is 553. The molecule has 0 fully saturated rings. The van der Waals surface area contributed by atoms with E-state index in [9.17, 15) is 27.9 Å². The van der Waals surface area contributed by atoms with Crippen LogP contribution in [0.15, 0.2) is 29.4 Å². The lowest BCUT2D eigenvalue weighted by Gasteiger charge is -2.05. The third-order valence-electron chi connectivity index (χ3n) is 2.23. The summed E-state index contributed by atoms with van der Waals surface area (Å²) in [6.45, 7) is 1.18. The summed E-state index contributed by atoms with van der Waals surface area (Å²) >= 11 is 0. The van der Waals surface area contributed by atoms with Crippen LogP contribution in [0.2, 0.25) is 0 Å². The van der Waals surface area contributed by atoms with Gasteiger partial charge in [-0.3, -0.25) is 9.59 Å². The lowest BCUT2D eigenvalue weighted by molar-refractivity contribution is -0.169. The molecule has 0 aliphatic rings. The molecule has 0 aliphatic heterocycles. The predicted octanol–water partition coefficient (Wildman–Crippen LogP) is 2.02. The maximum Gasteiger partial charge on any atom is 0.450 e. The molecule has 0 bridgehead atoms. The highest BCUT2D eigenvalue weighted by Crippen LogP contribution is 2.18. The second-order valence-corrected chi connectivity index (χ2v) is 3.90. The number of phenols is 1. The van der Waals surface area contributed by atoms with Gasteiger partial charge in [-0.2, -0.15) is 18.3 Å². The summed E-state index contributed by atoms with van der Waals surface area (Å²) in [6.07, 6.45) is -5.87. The first kappa shape index (κ1) is 15.7. The number of ketones is 1. The van der Waals surface area contributed by atoms with Gasteiger partial charge in [-0.1, -0.05) is 12.1 Å². The predicted molar refractivity (Wildman–Crippen MR) is 64.4 cm³/mol. The summed E-state index contributed by atoms with van der Waals surface area (Å²) in [5.41, 5.74) is 1.69. The molecular weight excluding hydrogens is 277 g/mol. The van der Waals surface area contributed by atoms with E-state index in [4.69, 9.17) is 0 Å². The quantitative estimate of drug-likeness (QED) is 0.657. The number of alkyl halides is 3. The standard InChI is InChI=1S/C12H11F3N2O3/c1-7(6-10(19)12(13,14)15)16-17-11(20)8-4-2-3-5-9(8)18/h2-5,18H,6H2,1H3,(H,17,20)/b16-7+. The number of para-hydroxylation sites is 1. The van der Waals surface area contributed by atoms with Gasteiger partial charge in [0.15, 0.2) is 0 Å². The van der Waals surface area contributed by atoms with E-state index in [0.29, 0.717) is 0 Å². The van der Waals surface area contributed by atoms with E-state index in [2.05, 4.69) is 5.10 Å². The van der Waals surface area contributed by atoms with Crippen LogP contribution in [0.25, 0.3) is 0 Å². The third kappa shape index (κ3) is 4.38. The van der Waals surface area contributed by atoms with Crippen LogP contribution in [0.1, 0.15) is 23.7 Å². The molecule has 2 N–H and O–H groups in total. The van der Waals surface area contributed by atoms with E-state index >= 15 is 0 Å². The number of nitrogens with zero attached hydrogens (tertiary/aromatic N) is 1. The van der Waals surface area contributed by atoms with Crippen molar-refractivity contribution in [3.63, 3.8) is 0 Å². The van der Waals surface area contributed by atoms with Gasteiger partial charge in [0, 0.05) is 5.71 Å². The Morgan fingerprint density at radius 1 is 1.30 bits per heavy atom. The number of nitrogens with one attached hydrogen (secondary N) is 1. The van der Waals surface area contributed by atoms with Gasteiger partial charge in [-0.05, 0) is 19.1 Å². The summed E-state index contributed by atoms with van der Waals surface area (Å²) in [6, 6.07) is 5.59. The fraction of sp³-hybridized carbons (Fsp3) is 0.250. The Morgan fingerprint density at radius 3 is 2.45 bits per heavy atom. The summed E-state index contributed by atoms with van der Waals surface area (Å²) in [5.74, 6) is -3.03. The van der Waals surface area contributed by atoms with Crippen molar-refractivity contribution in [2.45, 2.75) is 19.5 Å². The van der Waals surface area contributed by atoms with Gasteiger partial charge < -0.3 is 5.11 Å². The molecule has 0 aliphatic carbocycles. The average Bonchev–Trinajstić information content (AvgIpc) is 2.35. The van der Waals surface area contributed by atoms with Crippen molar-refractivity contribution in [2.75, 3.05) is 0 Å². The van der Waals surface area contributed by atoms with Crippen LogP contribution in [-0.2, 0) is 4.79 Å². The van der Waals surface area contributed by atoms with E-state index in [-0.39, 0.29) is 17.0 Å². The molecular formula is C12H11F3N2O3. The number of amides is 1. The molecule has 0 atom stereocenters. The zero-order valence-electron chi connectivity index (χ0n) is 10.4. The average molecular weight is 288 g/mol. The maximum atomic E-state index is 12.0. The monoisotopic (exact) mass is 288 g/mol. The van der Waals surface area contributed by atoms with Crippen LogP contribution in [0.3, 0.4) is 0 Å². The fourth-order valence-electron chi connectivity index (χ4n) is 1.24. The second kappa shape index (κ2) is 6.18. The van der Waals surface area contributed by atoms with Gasteiger partial charge in [-0.15, -0.1) is 0 Å². The molecule has 1 aromatic carbocycles. The molecule has 1 aromatic rings. The number of aromatic hydroxyl groups is 1. The van der Waals surface area contributed by atoms with Crippen LogP contribution >= 0.6 is 0 Å². The highest BCUT2D eigenvalue weighted by atomic mass is 19.4. The highest BCUT2D eigenvalue weighted by molar-refractivity contribution is 6.04. The third-order valence-corrected chi connectivity index (χ3v) is 2.23. The molecule has 8 heteroatoms. The molecule has 1 amide bonds. The number of benzene rings is 1. The van der Waals surface area contributed by atoms with Gasteiger partial charge in [0.1, 0.15) is 5.75 Å². The maximum absolute atomic E-state index is 12.0. The zero-order chi connectivity index (χ0) is 15.3. The van der Waals surface area contributed by atoms with E-state index in [1.807, 2.05) is 5.43 Å². The number of phenolic OH excluding ortho intramolecular Hbond substituents is 1. The lowest BCUT2D eigenvalue weighted by atomic mass is 10.2. The summed E-state index contributed by atoms with van der Waals surface area (Å²) < 4.78 is 36.0. The van der Waals surface area contributed by atoms with Gasteiger partial charge in [0.25, 0.3) is 5.91 Å². The second-order valence-electron chi connectivity index (χ2n) is 3.90. The first-order valence-corrected chi connectivity index (χ1v) is 5.43. The molecule has 1 rings (SSSR count). The number of hydrazone groups is 1. The van der Waals surface area contributed by atoms with Gasteiger partial charge in [0.05, 0.1) is 12.0 Å². The number of rotatable bonds is 4. The number of hydrogen-bond acceptors (Lipinski definition) is 4. The molecule has 0 saturated heterocycles. The van der Waals surface area contributed by atoms with E-state index in [1.165, 1.54) is 31.2 Å². The molecule has 0 saturated carbocycles. The minimum Gasteiger partial charge on any atom is -0.507 e. The molecule has 20 heavy (non-hydrogen) atoms. The first-order valence-electron chi connectivity index (χ1n) is 5.43. The molecule has 5 nitrogen and oxygen atoms in total. The van der Waals surface area contributed by atoms with Gasteiger partial charge >= 0.3 is 6.18 Å². The van der Waals surface area contributed by atoms with Crippen molar-refractivity contribution in [3.05, 3.63) is 29.8 Å². The minimum atomic E-state index is -4.93. The number of halogens is 3. The van der Waals surface area contributed by atoms with Crippen molar-refractivity contribution in [1.29, 1.82) is 0 Å². The largest absolute Gasteiger partial charge is 0.507 e. The van der Waals surface area contributed by atoms with Crippen LogP contribution in [0.5, 0.6) is 5.75 Å². The summed E-state index contributed by atoms with van der Waals surface area (Å²) in [7, 11) is 0. The molecule has 108 valence electrons. The van der Waals surface area contributed by atoms with Crippen LogP contribution in [0.4, 0.5) is 13.2 Å². The smallest absolute Gasteiger partial charge is 0.450 e. The van der Waals surface area contributed by atoms with Gasteiger partial charge in [0.2, 0.25) is 5.78 Å². The molecule has 0 aromatic heterocycles. The Kier molecular flexibility index (Phi) is 4.84. The number of hydrogen-bond donors (Lipinski definition) is 2. The highest BCUT2D eigenvalue weighted by Gasteiger charge is 2.38. The topological polar surface area (TPSA) is 78.8 Å². The van der Waals surface area contributed by atoms with Crippen LogP contribution in [-0.4, -0.2) is 28.7 Å². The Balaban J connectivity index is 2.66. The van der Waals surface area contributed by atoms with Crippen molar-refractivity contribution >= 4 is 17.4 Å². The zero-order valence-corrected chi connectivity index (χ0v) is 10.4. The molecule has 0 unspecified atom stereocenters. The van der Waals surface area contributed by atoms with Crippen molar-refractivity contribution in [1.82, 2.24) is 5.43 Å². The summed E-state index contributed by atoms with van der Waals surface area (Å²) in [5, 5.41) is 12.8. The minimum absolute atomic E-state index is 0.0776. The number of Topliss-reactive ketones (excluding diaryl/α,β-unsaturated/α-hetero) is 1. The summed E-state index contributed by atoms with van der Waals surface area (Å²) in [4.78, 5) is 22.3. The lowest BCUT2D eigenvalue weighted by Crippen LogP contribution is -2.26. The Labute approximate surface area is 112 Å². The van der Waals surface area contributed by atoms with Gasteiger partial charge in [-0.25, -0.2) is 5.43 Å². The fourth-order valence-corrected chi connectivity index (χ4v) is 1.24. The number of carbonyl (C=O) groups excluding carboxylic acids is 2. The van der Waals surface area contributed by atoms with E-state index < -0.39 is 24.3 Å². The SMILES string of the molecule is C/C(CC(=O)C(F)(F)F)=N\NC(=O)c1ccccc1O. The van der Waals surface area contributed by atoms with Crippen LogP contribution in [0, 0.1) is 0 Å². The molecule has 0 radical (unpaired) electrons. The normalized spacial score (nSPS) is 12.1.